The van der Waals surface area contributed by atoms with Gasteiger partial charge in [-0.1, -0.05) is 20.3 Å². The minimum absolute atomic E-state index is 0.703. The van der Waals surface area contributed by atoms with Crippen LogP contribution in [0, 0.1) is 6.92 Å². The number of hydrogen-bond donors (Lipinski definition) is 1. The Bertz CT molecular complexity index is 440. The molecule has 0 aromatic carbocycles. The standard InChI is InChI=1S/C16H28N4/c1-5-7-11-20(13-9-10-13)16-12(3)15(17-4)18-14(19-16)8-6-2/h13H,5-11H2,1-4H3,(H,17,18,19). The highest BCUT2D eigenvalue weighted by atomic mass is 15.2. The van der Waals surface area contributed by atoms with Crippen molar-refractivity contribution in [1.29, 1.82) is 0 Å². The van der Waals surface area contributed by atoms with Gasteiger partial charge in [-0.15, -0.1) is 0 Å². The number of nitrogens with one attached hydrogen (secondary N) is 1. The lowest BCUT2D eigenvalue weighted by atomic mass is 10.2. The van der Waals surface area contributed by atoms with E-state index in [1.165, 1.54) is 31.2 Å². The first-order valence-corrected chi connectivity index (χ1v) is 8.03. The van der Waals surface area contributed by atoms with E-state index in [0.717, 1.165) is 36.8 Å². The monoisotopic (exact) mass is 276 g/mol. The first kappa shape index (κ1) is 15.1. The lowest BCUT2D eigenvalue weighted by Gasteiger charge is -2.26. The fraction of sp³-hybridized carbons (Fsp3) is 0.750. The molecule has 4 heteroatoms. The second kappa shape index (κ2) is 6.91. The molecule has 1 aliphatic rings. The first-order chi connectivity index (χ1) is 9.71. The van der Waals surface area contributed by atoms with Crippen LogP contribution < -0.4 is 10.2 Å². The van der Waals surface area contributed by atoms with Gasteiger partial charge in [-0.2, -0.15) is 0 Å². The smallest absolute Gasteiger partial charge is 0.137 e. The summed E-state index contributed by atoms with van der Waals surface area (Å²) in [5, 5.41) is 3.23. The fourth-order valence-electron chi connectivity index (χ4n) is 2.58. The maximum absolute atomic E-state index is 4.86. The van der Waals surface area contributed by atoms with Crippen molar-refractivity contribution in [3.05, 3.63) is 11.4 Å². The molecule has 0 spiro atoms. The molecule has 0 amide bonds. The van der Waals surface area contributed by atoms with E-state index in [2.05, 4.69) is 36.0 Å². The zero-order valence-electron chi connectivity index (χ0n) is 13.4. The Morgan fingerprint density at radius 1 is 1.20 bits per heavy atom. The zero-order chi connectivity index (χ0) is 14.5. The van der Waals surface area contributed by atoms with Crippen LogP contribution in [0.1, 0.15) is 57.3 Å². The maximum atomic E-state index is 4.86. The SMILES string of the molecule is CCCCN(c1nc(CCC)nc(NC)c1C)C1CC1. The van der Waals surface area contributed by atoms with Gasteiger partial charge in [-0.05, 0) is 32.6 Å². The Kier molecular flexibility index (Phi) is 5.21. The molecular formula is C16H28N4. The van der Waals surface area contributed by atoms with Gasteiger partial charge >= 0.3 is 0 Å². The number of aryl methyl sites for hydroxylation is 1. The summed E-state index contributed by atoms with van der Waals surface area (Å²) in [6.07, 6.45) is 7.13. The Hall–Kier alpha value is -1.32. The number of hydrogen-bond acceptors (Lipinski definition) is 4. The first-order valence-electron chi connectivity index (χ1n) is 8.03. The van der Waals surface area contributed by atoms with Gasteiger partial charge in [0.25, 0.3) is 0 Å². The summed E-state index contributed by atoms with van der Waals surface area (Å²) >= 11 is 0. The molecule has 0 unspecified atom stereocenters. The van der Waals surface area contributed by atoms with Gasteiger partial charge in [0.15, 0.2) is 0 Å². The number of nitrogens with zero attached hydrogens (tertiary/aromatic N) is 3. The maximum Gasteiger partial charge on any atom is 0.137 e. The molecule has 1 fully saturated rings. The van der Waals surface area contributed by atoms with Gasteiger partial charge in [0.2, 0.25) is 0 Å². The Labute approximate surface area is 123 Å². The van der Waals surface area contributed by atoms with E-state index in [-0.39, 0.29) is 0 Å². The van der Waals surface area contributed by atoms with E-state index in [1.807, 2.05) is 7.05 Å². The van der Waals surface area contributed by atoms with Crippen LogP contribution >= 0.6 is 0 Å². The Morgan fingerprint density at radius 2 is 1.95 bits per heavy atom. The lowest BCUT2D eigenvalue weighted by molar-refractivity contribution is 0.695. The molecule has 4 nitrogen and oxygen atoms in total. The van der Waals surface area contributed by atoms with Gasteiger partial charge in [0, 0.05) is 31.6 Å². The van der Waals surface area contributed by atoms with Crippen molar-refractivity contribution in [3.63, 3.8) is 0 Å². The van der Waals surface area contributed by atoms with E-state index in [0.29, 0.717) is 6.04 Å². The van der Waals surface area contributed by atoms with E-state index in [4.69, 9.17) is 4.98 Å². The van der Waals surface area contributed by atoms with Crippen LogP contribution in [0.3, 0.4) is 0 Å². The molecule has 0 bridgehead atoms. The molecular weight excluding hydrogens is 248 g/mol. The Morgan fingerprint density at radius 3 is 2.50 bits per heavy atom. The molecule has 1 N–H and O–H groups in total. The third kappa shape index (κ3) is 3.41. The fourth-order valence-corrected chi connectivity index (χ4v) is 2.58. The van der Waals surface area contributed by atoms with Gasteiger partial charge in [0.1, 0.15) is 17.5 Å². The predicted molar refractivity (Wildman–Crippen MR) is 85.6 cm³/mol. The summed E-state index contributed by atoms with van der Waals surface area (Å²) in [6, 6.07) is 0.703. The van der Waals surface area contributed by atoms with E-state index in [1.54, 1.807) is 0 Å². The molecule has 0 atom stereocenters. The lowest BCUT2D eigenvalue weighted by Crippen LogP contribution is -2.29. The second-order valence-corrected chi connectivity index (χ2v) is 5.72. The average Bonchev–Trinajstić information content (AvgIpc) is 3.27. The van der Waals surface area contributed by atoms with E-state index >= 15 is 0 Å². The summed E-state index contributed by atoms with van der Waals surface area (Å²) in [6.45, 7) is 7.68. The molecule has 112 valence electrons. The molecule has 1 aliphatic carbocycles. The van der Waals surface area contributed by atoms with Gasteiger partial charge in [-0.25, -0.2) is 9.97 Å². The highest BCUT2D eigenvalue weighted by Crippen LogP contribution is 2.34. The molecule has 0 aliphatic heterocycles. The van der Waals surface area contributed by atoms with Gasteiger partial charge in [0.05, 0.1) is 0 Å². The van der Waals surface area contributed by atoms with Crippen LogP contribution in [-0.4, -0.2) is 29.6 Å². The Balaban J connectivity index is 2.32. The zero-order valence-corrected chi connectivity index (χ0v) is 13.4. The van der Waals surface area contributed by atoms with Crippen molar-refractivity contribution in [3.8, 4) is 0 Å². The third-order valence-corrected chi connectivity index (χ3v) is 3.89. The summed E-state index contributed by atoms with van der Waals surface area (Å²) in [7, 11) is 1.95. The molecule has 1 aromatic heterocycles. The molecule has 1 aromatic rings. The largest absolute Gasteiger partial charge is 0.373 e. The van der Waals surface area contributed by atoms with E-state index in [9.17, 15) is 0 Å². The minimum Gasteiger partial charge on any atom is -0.373 e. The highest BCUT2D eigenvalue weighted by molar-refractivity contribution is 5.59. The predicted octanol–water partition coefficient (Wildman–Crippen LogP) is 3.55. The van der Waals surface area contributed by atoms with Crippen molar-refractivity contribution in [2.45, 2.75) is 65.3 Å². The van der Waals surface area contributed by atoms with Crippen molar-refractivity contribution < 1.29 is 0 Å². The summed E-state index contributed by atoms with van der Waals surface area (Å²) < 4.78 is 0. The number of aromatic nitrogens is 2. The molecule has 20 heavy (non-hydrogen) atoms. The van der Waals surface area contributed by atoms with Crippen LogP contribution in [0.2, 0.25) is 0 Å². The molecule has 0 radical (unpaired) electrons. The van der Waals surface area contributed by atoms with Crippen molar-refractivity contribution in [2.75, 3.05) is 23.8 Å². The molecule has 2 rings (SSSR count). The normalized spacial score (nSPS) is 14.4. The van der Waals surface area contributed by atoms with Crippen LogP contribution in [-0.2, 0) is 6.42 Å². The molecule has 1 heterocycles. The molecule has 1 saturated carbocycles. The van der Waals surface area contributed by atoms with Crippen LogP contribution in [0.25, 0.3) is 0 Å². The molecule has 0 saturated heterocycles. The third-order valence-electron chi connectivity index (χ3n) is 3.89. The summed E-state index contributed by atoms with van der Waals surface area (Å²) in [5.74, 6) is 3.11. The number of anilines is 2. The number of rotatable bonds is 8. The number of unbranched alkanes of at least 4 members (excludes halogenated alkanes) is 1. The van der Waals surface area contributed by atoms with E-state index < -0.39 is 0 Å². The topological polar surface area (TPSA) is 41.1 Å². The summed E-state index contributed by atoms with van der Waals surface area (Å²) in [4.78, 5) is 12.0. The van der Waals surface area contributed by atoms with Crippen molar-refractivity contribution >= 4 is 11.6 Å². The second-order valence-electron chi connectivity index (χ2n) is 5.72. The quantitative estimate of drug-likeness (QED) is 0.788. The van der Waals surface area contributed by atoms with Crippen LogP contribution in [0.5, 0.6) is 0 Å². The van der Waals surface area contributed by atoms with Crippen molar-refractivity contribution in [1.82, 2.24) is 9.97 Å². The van der Waals surface area contributed by atoms with Gasteiger partial charge in [-0.3, -0.25) is 0 Å². The van der Waals surface area contributed by atoms with Gasteiger partial charge < -0.3 is 10.2 Å². The van der Waals surface area contributed by atoms with Crippen LogP contribution in [0.4, 0.5) is 11.6 Å². The average molecular weight is 276 g/mol. The minimum atomic E-state index is 0.703. The van der Waals surface area contributed by atoms with Crippen molar-refractivity contribution in [2.24, 2.45) is 0 Å². The highest BCUT2D eigenvalue weighted by Gasteiger charge is 2.31. The van der Waals surface area contributed by atoms with Crippen LogP contribution in [0.15, 0.2) is 0 Å². The summed E-state index contributed by atoms with van der Waals surface area (Å²) in [5.41, 5.74) is 1.19.